The van der Waals surface area contributed by atoms with Gasteiger partial charge in [0.05, 0.1) is 27.6 Å². The molecule has 160 valence electrons. The summed E-state index contributed by atoms with van der Waals surface area (Å²) >= 11 is 0. The quantitative estimate of drug-likeness (QED) is 0.443. The van der Waals surface area contributed by atoms with Crippen molar-refractivity contribution < 1.29 is 21.6 Å². The molecule has 0 aliphatic rings. The number of aryl methyl sites for hydroxylation is 1. The van der Waals surface area contributed by atoms with E-state index in [0.717, 1.165) is 6.26 Å². The summed E-state index contributed by atoms with van der Waals surface area (Å²) in [5, 5.41) is 9.08. The van der Waals surface area contributed by atoms with Gasteiger partial charge in [-0.2, -0.15) is 18.4 Å². The lowest BCUT2D eigenvalue weighted by Gasteiger charge is -2.32. The van der Waals surface area contributed by atoms with Gasteiger partial charge in [-0.15, -0.1) is 0 Å². The Hall–Kier alpha value is -3.36. The average Bonchev–Trinajstić information content (AvgIpc) is 3.32. The zero-order valence-electron chi connectivity index (χ0n) is 16.3. The SMILES string of the molecule is Cc1cc(S(C)(=O)=O)c(C(N)(c2nc3ccc(C#N)cc3[nH]2)C(F)(F)F)c2cc[nH]c12. The first-order valence-electron chi connectivity index (χ1n) is 8.95. The number of halogens is 3. The Morgan fingerprint density at radius 1 is 1.19 bits per heavy atom. The molecule has 4 N–H and O–H groups in total. The second kappa shape index (κ2) is 6.57. The van der Waals surface area contributed by atoms with E-state index in [2.05, 4.69) is 15.0 Å². The Morgan fingerprint density at radius 3 is 2.52 bits per heavy atom. The van der Waals surface area contributed by atoms with Gasteiger partial charge in [0.25, 0.3) is 0 Å². The van der Waals surface area contributed by atoms with E-state index in [1.165, 1.54) is 36.5 Å². The van der Waals surface area contributed by atoms with Crippen LogP contribution in [0.4, 0.5) is 13.2 Å². The molecule has 2 aromatic carbocycles. The fourth-order valence-electron chi connectivity index (χ4n) is 3.74. The van der Waals surface area contributed by atoms with Crippen molar-refractivity contribution >= 4 is 31.8 Å². The van der Waals surface area contributed by atoms with Crippen LogP contribution in [-0.2, 0) is 15.4 Å². The van der Waals surface area contributed by atoms with E-state index in [4.69, 9.17) is 11.0 Å². The van der Waals surface area contributed by atoms with E-state index < -0.39 is 37.8 Å². The first kappa shape index (κ1) is 20.9. The Kier molecular flexibility index (Phi) is 4.43. The number of nitriles is 1. The molecule has 0 saturated heterocycles. The second-order valence-corrected chi connectivity index (χ2v) is 9.32. The number of fused-ring (bicyclic) bond motifs is 2. The minimum absolute atomic E-state index is 0.0263. The van der Waals surface area contributed by atoms with Gasteiger partial charge in [0.2, 0.25) is 0 Å². The van der Waals surface area contributed by atoms with Crippen LogP contribution in [-0.4, -0.2) is 35.8 Å². The fourth-order valence-corrected chi connectivity index (χ4v) is 4.77. The van der Waals surface area contributed by atoms with Crippen molar-refractivity contribution in [2.45, 2.75) is 23.5 Å². The molecule has 4 aromatic rings. The number of benzene rings is 2. The minimum Gasteiger partial charge on any atom is -0.361 e. The van der Waals surface area contributed by atoms with E-state index >= 15 is 0 Å². The maximum atomic E-state index is 14.6. The number of alkyl halides is 3. The first-order chi connectivity index (χ1) is 14.4. The average molecular weight is 447 g/mol. The number of rotatable bonds is 3. The molecule has 0 radical (unpaired) electrons. The standard InChI is InChI=1S/C20H16F3N5O2S/c1-10-7-15(31(2,29)30)16(12-5-6-26-17(10)12)19(25,20(21,22)23)18-27-13-4-3-11(9-24)8-14(13)28-18/h3-8,26H,25H2,1-2H3,(H,27,28). The van der Waals surface area contributed by atoms with Crippen LogP contribution >= 0.6 is 0 Å². The number of hydrogen-bond acceptors (Lipinski definition) is 5. The predicted molar refractivity (Wildman–Crippen MR) is 108 cm³/mol. The minimum atomic E-state index is -5.11. The molecule has 0 bridgehead atoms. The van der Waals surface area contributed by atoms with Crippen molar-refractivity contribution in [3.05, 3.63) is 59.0 Å². The molecule has 11 heteroatoms. The number of nitrogens with one attached hydrogen (secondary N) is 2. The van der Waals surface area contributed by atoms with Crippen LogP contribution in [0.15, 0.2) is 41.4 Å². The van der Waals surface area contributed by atoms with E-state index in [0.29, 0.717) is 11.1 Å². The third kappa shape index (κ3) is 3.07. The molecular formula is C20H16F3N5O2S. The van der Waals surface area contributed by atoms with E-state index in [1.54, 1.807) is 6.92 Å². The normalized spacial score (nSPS) is 14.6. The maximum absolute atomic E-state index is 14.6. The molecule has 31 heavy (non-hydrogen) atoms. The molecule has 0 aliphatic heterocycles. The molecule has 0 fully saturated rings. The monoisotopic (exact) mass is 447 g/mol. The fraction of sp³-hybridized carbons (Fsp3) is 0.200. The highest BCUT2D eigenvalue weighted by molar-refractivity contribution is 7.90. The highest BCUT2D eigenvalue weighted by Crippen LogP contribution is 2.47. The van der Waals surface area contributed by atoms with Gasteiger partial charge in [0.15, 0.2) is 15.4 Å². The van der Waals surface area contributed by atoms with Crippen molar-refractivity contribution in [2.75, 3.05) is 6.26 Å². The van der Waals surface area contributed by atoms with Gasteiger partial charge in [-0.25, -0.2) is 13.4 Å². The Balaban J connectivity index is 2.17. The van der Waals surface area contributed by atoms with Gasteiger partial charge < -0.3 is 15.7 Å². The van der Waals surface area contributed by atoms with E-state index in [9.17, 15) is 21.6 Å². The number of imidazole rings is 1. The number of nitrogens with two attached hydrogens (primary N) is 1. The number of hydrogen-bond donors (Lipinski definition) is 3. The highest BCUT2D eigenvalue weighted by atomic mass is 32.2. The predicted octanol–water partition coefficient (Wildman–Crippen LogP) is 3.39. The van der Waals surface area contributed by atoms with Crippen LogP contribution in [0.3, 0.4) is 0 Å². The molecule has 0 amide bonds. The van der Waals surface area contributed by atoms with Crippen molar-refractivity contribution in [3.8, 4) is 6.07 Å². The van der Waals surface area contributed by atoms with Crippen LogP contribution in [0.1, 0.15) is 22.5 Å². The summed E-state index contributed by atoms with van der Waals surface area (Å²) in [7, 11) is -4.10. The number of nitrogens with zero attached hydrogens (tertiary/aromatic N) is 2. The van der Waals surface area contributed by atoms with Crippen molar-refractivity contribution in [1.82, 2.24) is 15.0 Å². The summed E-state index contributed by atoms with van der Waals surface area (Å²) < 4.78 is 68.9. The van der Waals surface area contributed by atoms with Crippen molar-refractivity contribution in [3.63, 3.8) is 0 Å². The second-order valence-electron chi connectivity index (χ2n) is 7.34. The zero-order valence-corrected chi connectivity index (χ0v) is 17.1. The van der Waals surface area contributed by atoms with Gasteiger partial charge in [-0.05, 0) is 42.8 Å². The van der Waals surface area contributed by atoms with Crippen LogP contribution < -0.4 is 5.73 Å². The molecule has 2 aromatic heterocycles. The van der Waals surface area contributed by atoms with Crippen LogP contribution in [0, 0.1) is 18.3 Å². The van der Waals surface area contributed by atoms with Crippen molar-refractivity contribution in [1.29, 1.82) is 5.26 Å². The molecule has 0 spiro atoms. The maximum Gasteiger partial charge on any atom is 0.417 e. The lowest BCUT2D eigenvalue weighted by atomic mass is 9.86. The Morgan fingerprint density at radius 2 is 1.90 bits per heavy atom. The van der Waals surface area contributed by atoms with Crippen LogP contribution in [0.5, 0.6) is 0 Å². The van der Waals surface area contributed by atoms with Gasteiger partial charge in [-0.3, -0.25) is 0 Å². The topological polar surface area (TPSA) is 128 Å². The van der Waals surface area contributed by atoms with Gasteiger partial charge in [-0.1, -0.05) is 0 Å². The summed E-state index contributed by atoms with van der Waals surface area (Å²) in [6, 6.07) is 8.59. The first-order valence-corrected chi connectivity index (χ1v) is 10.8. The molecule has 1 unspecified atom stereocenters. The largest absolute Gasteiger partial charge is 0.417 e. The van der Waals surface area contributed by atoms with Gasteiger partial charge in [0, 0.05) is 28.9 Å². The van der Waals surface area contributed by atoms with Gasteiger partial charge >= 0.3 is 6.18 Å². The van der Waals surface area contributed by atoms with Crippen molar-refractivity contribution in [2.24, 2.45) is 5.73 Å². The number of sulfone groups is 1. The van der Waals surface area contributed by atoms with E-state index in [1.807, 2.05) is 6.07 Å². The highest BCUT2D eigenvalue weighted by Gasteiger charge is 2.59. The van der Waals surface area contributed by atoms with E-state index in [-0.39, 0.29) is 22.0 Å². The summed E-state index contributed by atoms with van der Waals surface area (Å²) in [5.41, 5.74) is 3.51. The molecule has 1 atom stereocenters. The Labute approximate surface area is 174 Å². The molecule has 7 nitrogen and oxygen atoms in total. The summed E-state index contributed by atoms with van der Waals surface area (Å²) in [5.74, 6) is -0.679. The molecule has 0 saturated carbocycles. The number of aromatic amines is 2. The third-order valence-electron chi connectivity index (χ3n) is 5.23. The zero-order chi connectivity index (χ0) is 22.8. The molecule has 4 rings (SSSR count). The molecule has 0 aliphatic carbocycles. The smallest absolute Gasteiger partial charge is 0.361 e. The molecule has 2 heterocycles. The molecular weight excluding hydrogens is 431 g/mol. The number of aromatic nitrogens is 3. The lowest BCUT2D eigenvalue weighted by Crippen LogP contribution is -2.53. The Bertz CT molecular complexity index is 1500. The summed E-state index contributed by atoms with van der Waals surface area (Å²) in [6.45, 7) is 1.59. The van der Waals surface area contributed by atoms with Crippen LogP contribution in [0.2, 0.25) is 0 Å². The lowest BCUT2D eigenvalue weighted by molar-refractivity contribution is -0.179. The van der Waals surface area contributed by atoms with Gasteiger partial charge in [0.1, 0.15) is 5.82 Å². The number of H-pyrrole nitrogens is 2. The summed E-state index contributed by atoms with van der Waals surface area (Å²) in [6.07, 6.45) is -2.86. The summed E-state index contributed by atoms with van der Waals surface area (Å²) in [4.78, 5) is 8.89. The van der Waals surface area contributed by atoms with Crippen LogP contribution in [0.25, 0.3) is 21.9 Å². The third-order valence-corrected chi connectivity index (χ3v) is 6.35.